The SMILES string of the molecule is CC#CCCN1CCNC[C@H]1C. The van der Waals surface area contributed by atoms with Crippen molar-refractivity contribution in [3.05, 3.63) is 0 Å². The van der Waals surface area contributed by atoms with E-state index in [1.54, 1.807) is 0 Å². The first-order valence-electron chi connectivity index (χ1n) is 4.69. The fourth-order valence-electron chi connectivity index (χ4n) is 1.54. The van der Waals surface area contributed by atoms with Gasteiger partial charge in [-0.05, 0) is 13.8 Å². The first-order valence-corrected chi connectivity index (χ1v) is 4.69. The predicted octanol–water partition coefficient (Wildman–Crippen LogP) is 0.694. The van der Waals surface area contributed by atoms with Crippen molar-refractivity contribution in [2.24, 2.45) is 0 Å². The highest BCUT2D eigenvalue weighted by Gasteiger charge is 2.15. The Hall–Kier alpha value is -0.520. The van der Waals surface area contributed by atoms with E-state index in [1.165, 1.54) is 6.54 Å². The van der Waals surface area contributed by atoms with E-state index in [1.807, 2.05) is 6.92 Å². The number of rotatable bonds is 2. The molecule has 0 saturated carbocycles. The molecule has 2 heteroatoms. The maximum atomic E-state index is 3.38. The lowest BCUT2D eigenvalue weighted by Crippen LogP contribution is -2.49. The summed E-state index contributed by atoms with van der Waals surface area (Å²) < 4.78 is 0. The summed E-state index contributed by atoms with van der Waals surface area (Å²) >= 11 is 0. The van der Waals surface area contributed by atoms with Crippen molar-refractivity contribution in [2.45, 2.75) is 26.3 Å². The summed E-state index contributed by atoms with van der Waals surface area (Å²) in [5.74, 6) is 6.03. The normalized spacial score (nSPS) is 24.7. The van der Waals surface area contributed by atoms with Crippen LogP contribution in [0.2, 0.25) is 0 Å². The van der Waals surface area contributed by atoms with Crippen LogP contribution >= 0.6 is 0 Å². The third kappa shape index (κ3) is 2.84. The molecule has 68 valence electrons. The Morgan fingerprint density at radius 2 is 2.42 bits per heavy atom. The Bertz CT molecular complexity index is 178. The van der Waals surface area contributed by atoms with Crippen molar-refractivity contribution in [3.63, 3.8) is 0 Å². The molecule has 12 heavy (non-hydrogen) atoms. The maximum Gasteiger partial charge on any atom is 0.0217 e. The van der Waals surface area contributed by atoms with Gasteiger partial charge in [0, 0.05) is 38.6 Å². The van der Waals surface area contributed by atoms with E-state index in [4.69, 9.17) is 0 Å². The van der Waals surface area contributed by atoms with Gasteiger partial charge in [0.1, 0.15) is 0 Å². The van der Waals surface area contributed by atoms with Crippen LogP contribution in [0.25, 0.3) is 0 Å². The van der Waals surface area contributed by atoms with Gasteiger partial charge in [-0.25, -0.2) is 0 Å². The van der Waals surface area contributed by atoms with Crippen LogP contribution in [0.15, 0.2) is 0 Å². The Kier molecular flexibility index (Phi) is 4.13. The van der Waals surface area contributed by atoms with E-state index in [-0.39, 0.29) is 0 Å². The molecule has 1 aliphatic rings. The summed E-state index contributed by atoms with van der Waals surface area (Å²) in [6.07, 6.45) is 1.01. The minimum atomic E-state index is 0.678. The van der Waals surface area contributed by atoms with E-state index < -0.39 is 0 Å². The fraction of sp³-hybridized carbons (Fsp3) is 0.800. The third-order valence-electron chi connectivity index (χ3n) is 2.34. The average Bonchev–Trinajstić information content (AvgIpc) is 2.09. The molecule has 1 atom stereocenters. The van der Waals surface area contributed by atoms with Crippen molar-refractivity contribution < 1.29 is 0 Å². The Morgan fingerprint density at radius 3 is 3.08 bits per heavy atom. The van der Waals surface area contributed by atoms with Gasteiger partial charge in [-0.1, -0.05) is 0 Å². The second-order valence-corrected chi connectivity index (χ2v) is 3.27. The smallest absolute Gasteiger partial charge is 0.0217 e. The highest BCUT2D eigenvalue weighted by molar-refractivity contribution is 4.95. The lowest BCUT2D eigenvalue weighted by molar-refractivity contribution is 0.178. The van der Waals surface area contributed by atoms with Crippen molar-refractivity contribution in [1.29, 1.82) is 0 Å². The molecule has 0 aromatic rings. The summed E-state index contributed by atoms with van der Waals surface area (Å²) in [6, 6.07) is 0.678. The number of nitrogens with one attached hydrogen (secondary N) is 1. The van der Waals surface area contributed by atoms with Crippen molar-refractivity contribution in [3.8, 4) is 11.8 Å². The van der Waals surface area contributed by atoms with Gasteiger partial charge in [-0.15, -0.1) is 11.8 Å². The summed E-state index contributed by atoms with van der Waals surface area (Å²) in [6.45, 7) is 8.73. The average molecular weight is 166 g/mol. The Morgan fingerprint density at radius 1 is 1.58 bits per heavy atom. The van der Waals surface area contributed by atoms with Crippen LogP contribution in [0.3, 0.4) is 0 Å². The molecule has 2 nitrogen and oxygen atoms in total. The van der Waals surface area contributed by atoms with Crippen molar-refractivity contribution >= 4 is 0 Å². The van der Waals surface area contributed by atoms with E-state index in [9.17, 15) is 0 Å². The van der Waals surface area contributed by atoms with Gasteiger partial charge in [0.25, 0.3) is 0 Å². The van der Waals surface area contributed by atoms with Crippen LogP contribution in [0.5, 0.6) is 0 Å². The van der Waals surface area contributed by atoms with Gasteiger partial charge in [-0.3, -0.25) is 4.90 Å². The fourth-order valence-corrected chi connectivity index (χ4v) is 1.54. The summed E-state index contributed by atoms with van der Waals surface area (Å²) in [5.41, 5.74) is 0. The standard InChI is InChI=1S/C10H18N2/c1-3-4-5-7-12-8-6-11-9-10(12)2/h10-11H,5-9H2,1-2H3/t10-/m1/s1. The summed E-state index contributed by atoms with van der Waals surface area (Å²) in [5, 5.41) is 3.38. The molecule has 0 bridgehead atoms. The van der Waals surface area contributed by atoms with Gasteiger partial charge in [-0.2, -0.15) is 0 Å². The van der Waals surface area contributed by atoms with Crippen LogP contribution in [0.4, 0.5) is 0 Å². The van der Waals surface area contributed by atoms with Crippen LogP contribution in [0.1, 0.15) is 20.3 Å². The number of nitrogens with zero attached hydrogens (tertiary/aromatic N) is 1. The molecule has 1 fully saturated rings. The van der Waals surface area contributed by atoms with Crippen LogP contribution in [-0.4, -0.2) is 37.1 Å². The van der Waals surface area contributed by atoms with Gasteiger partial charge in [0.2, 0.25) is 0 Å². The zero-order valence-corrected chi connectivity index (χ0v) is 8.06. The molecule has 0 aliphatic carbocycles. The van der Waals surface area contributed by atoms with E-state index in [2.05, 4.69) is 29.0 Å². The third-order valence-corrected chi connectivity index (χ3v) is 2.34. The van der Waals surface area contributed by atoms with Gasteiger partial charge >= 0.3 is 0 Å². The minimum absolute atomic E-state index is 0.678. The molecular weight excluding hydrogens is 148 g/mol. The first kappa shape index (κ1) is 9.57. The van der Waals surface area contributed by atoms with Crippen molar-refractivity contribution in [1.82, 2.24) is 10.2 Å². The van der Waals surface area contributed by atoms with Crippen LogP contribution in [-0.2, 0) is 0 Å². The quantitative estimate of drug-likeness (QED) is 0.607. The second-order valence-electron chi connectivity index (χ2n) is 3.27. The zero-order chi connectivity index (χ0) is 8.81. The predicted molar refractivity (Wildman–Crippen MR) is 52.0 cm³/mol. The molecule has 0 amide bonds. The number of hydrogen-bond acceptors (Lipinski definition) is 2. The highest BCUT2D eigenvalue weighted by Crippen LogP contribution is 2.02. The molecule has 1 aliphatic heterocycles. The van der Waals surface area contributed by atoms with Gasteiger partial charge in [0.05, 0.1) is 0 Å². The molecule has 1 heterocycles. The molecule has 1 rings (SSSR count). The second kappa shape index (κ2) is 5.18. The van der Waals surface area contributed by atoms with Crippen molar-refractivity contribution in [2.75, 3.05) is 26.2 Å². The van der Waals surface area contributed by atoms with Gasteiger partial charge in [0.15, 0.2) is 0 Å². The molecule has 1 N–H and O–H groups in total. The monoisotopic (exact) mass is 166 g/mol. The molecule has 0 aromatic carbocycles. The number of piperazine rings is 1. The lowest BCUT2D eigenvalue weighted by Gasteiger charge is -2.33. The molecule has 0 unspecified atom stereocenters. The first-order chi connectivity index (χ1) is 5.84. The van der Waals surface area contributed by atoms with E-state index >= 15 is 0 Å². The summed E-state index contributed by atoms with van der Waals surface area (Å²) in [4.78, 5) is 2.50. The molecule has 0 spiro atoms. The van der Waals surface area contributed by atoms with E-state index in [0.717, 1.165) is 26.1 Å². The van der Waals surface area contributed by atoms with Crippen LogP contribution in [0, 0.1) is 11.8 Å². The Balaban J connectivity index is 2.23. The molecular formula is C10H18N2. The van der Waals surface area contributed by atoms with Gasteiger partial charge < -0.3 is 5.32 Å². The maximum absolute atomic E-state index is 3.38. The Labute approximate surface area is 75.3 Å². The topological polar surface area (TPSA) is 15.3 Å². The highest BCUT2D eigenvalue weighted by atomic mass is 15.2. The summed E-state index contributed by atoms with van der Waals surface area (Å²) in [7, 11) is 0. The largest absolute Gasteiger partial charge is 0.314 e. The van der Waals surface area contributed by atoms with E-state index in [0.29, 0.717) is 6.04 Å². The minimum Gasteiger partial charge on any atom is -0.314 e. The lowest BCUT2D eigenvalue weighted by atomic mass is 10.2. The zero-order valence-electron chi connectivity index (χ0n) is 8.06. The molecule has 0 radical (unpaired) electrons. The molecule has 0 aromatic heterocycles. The van der Waals surface area contributed by atoms with Crippen LogP contribution < -0.4 is 5.32 Å². The molecule has 1 saturated heterocycles. The number of hydrogen-bond donors (Lipinski definition) is 1.